The average molecular weight is 304 g/mol. The van der Waals surface area contributed by atoms with E-state index in [-0.39, 0.29) is 5.91 Å². The number of fused-ring (bicyclic) bond motifs is 1. The fourth-order valence-electron chi connectivity index (χ4n) is 2.40. The highest BCUT2D eigenvalue weighted by Gasteiger charge is 2.23. The summed E-state index contributed by atoms with van der Waals surface area (Å²) in [4.78, 5) is 16.3. The average Bonchev–Trinajstić information content (AvgIpc) is 2.82. The van der Waals surface area contributed by atoms with Gasteiger partial charge in [-0.05, 0) is 33.5 Å². The molecule has 0 bridgehead atoms. The Labute approximate surface area is 131 Å². The normalized spacial score (nSPS) is 12.8. The third-order valence-corrected chi connectivity index (χ3v) is 3.60. The van der Waals surface area contributed by atoms with Gasteiger partial charge in [0.25, 0.3) is 5.91 Å². The van der Waals surface area contributed by atoms with Crippen molar-refractivity contribution in [1.29, 1.82) is 0 Å². The highest BCUT2D eigenvalue weighted by Crippen LogP contribution is 2.27. The van der Waals surface area contributed by atoms with Crippen molar-refractivity contribution in [3.05, 3.63) is 35.6 Å². The van der Waals surface area contributed by atoms with Crippen molar-refractivity contribution < 1.29 is 14.3 Å². The first-order valence-corrected chi connectivity index (χ1v) is 7.48. The van der Waals surface area contributed by atoms with E-state index in [1.165, 1.54) is 0 Å². The van der Waals surface area contributed by atoms with Crippen molar-refractivity contribution in [2.24, 2.45) is 0 Å². The van der Waals surface area contributed by atoms with Crippen LogP contribution in [0.15, 0.2) is 28.7 Å². The summed E-state index contributed by atoms with van der Waals surface area (Å²) >= 11 is 0. The Hall–Kier alpha value is -1.85. The summed E-state index contributed by atoms with van der Waals surface area (Å²) < 4.78 is 5.81. The molecular formula is C17H24N2O3. The number of aliphatic hydroxyl groups excluding tert-OH is 1. The Morgan fingerprint density at radius 1 is 1.27 bits per heavy atom. The molecule has 5 nitrogen and oxygen atoms in total. The topological polar surface area (TPSA) is 56.9 Å². The second kappa shape index (κ2) is 6.94. The van der Waals surface area contributed by atoms with Gasteiger partial charge in [0.2, 0.25) is 0 Å². The van der Waals surface area contributed by atoms with Crippen molar-refractivity contribution in [1.82, 2.24) is 9.80 Å². The number of rotatable bonds is 6. The lowest BCUT2D eigenvalue weighted by atomic mass is 10.1. The number of amides is 1. The molecule has 0 spiro atoms. The molecule has 1 atom stereocenters. The van der Waals surface area contributed by atoms with E-state index in [9.17, 15) is 9.90 Å². The Morgan fingerprint density at radius 2 is 1.95 bits per heavy atom. The Morgan fingerprint density at radius 3 is 2.59 bits per heavy atom. The van der Waals surface area contributed by atoms with Crippen molar-refractivity contribution in [2.75, 3.05) is 27.7 Å². The molecule has 1 aromatic heterocycles. The molecule has 0 aliphatic carbocycles. The van der Waals surface area contributed by atoms with Crippen LogP contribution < -0.4 is 0 Å². The van der Waals surface area contributed by atoms with Gasteiger partial charge in [0.15, 0.2) is 5.76 Å². The molecule has 1 amide bonds. The fraction of sp³-hybridized carbons (Fsp3) is 0.471. The highest BCUT2D eigenvalue weighted by molar-refractivity contribution is 5.99. The van der Waals surface area contributed by atoms with Gasteiger partial charge in [0, 0.05) is 31.1 Å². The molecule has 5 heteroatoms. The van der Waals surface area contributed by atoms with Crippen LogP contribution in [0, 0.1) is 0 Å². The zero-order valence-corrected chi connectivity index (χ0v) is 13.7. The van der Waals surface area contributed by atoms with E-state index in [2.05, 4.69) is 0 Å². The van der Waals surface area contributed by atoms with Crippen LogP contribution in [0.5, 0.6) is 0 Å². The van der Waals surface area contributed by atoms with Crippen molar-refractivity contribution >= 4 is 16.9 Å². The minimum absolute atomic E-state index is 0.145. The van der Waals surface area contributed by atoms with E-state index in [0.717, 1.165) is 16.5 Å². The predicted molar refractivity (Wildman–Crippen MR) is 86.9 cm³/mol. The van der Waals surface area contributed by atoms with E-state index < -0.39 is 6.10 Å². The van der Waals surface area contributed by atoms with Crippen molar-refractivity contribution in [2.45, 2.75) is 26.0 Å². The SMILES string of the molecule is CC(O)CCN(C)C(=O)c1oc2ccccc2c1CN(C)C. The van der Waals surface area contributed by atoms with Crippen molar-refractivity contribution in [3.8, 4) is 0 Å². The number of carbonyl (C=O) groups excluding carboxylic acids is 1. The first kappa shape index (κ1) is 16.5. The molecular weight excluding hydrogens is 280 g/mol. The summed E-state index contributed by atoms with van der Waals surface area (Å²) in [5, 5.41) is 10.3. The minimum Gasteiger partial charge on any atom is -0.451 e. The van der Waals surface area contributed by atoms with Gasteiger partial charge in [-0.1, -0.05) is 18.2 Å². The number of para-hydroxylation sites is 1. The molecule has 0 aliphatic rings. The van der Waals surface area contributed by atoms with Crippen LogP contribution in [0.3, 0.4) is 0 Å². The maximum atomic E-state index is 12.7. The Bertz CT molecular complexity index is 646. The summed E-state index contributed by atoms with van der Waals surface area (Å²) in [5.41, 5.74) is 1.64. The molecule has 0 fully saturated rings. The number of carbonyl (C=O) groups is 1. The van der Waals surface area contributed by atoms with Gasteiger partial charge in [-0.2, -0.15) is 0 Å². The van der Waals surface area contributed by atoms with Crippen LogP contribution >= 0.6 is 0 Å². The fourth-order valence-corrected chi connectivity index (χ4v) is 2.40. The number of aliphatic hydroxyl groups is 1. The monoisotopic (exact) mass is 304 g/mol. The molecule has 22 heavy (non-hydrogen) atoms. The lowest BCUT2D eigenvalue weighted by Gasteiger charge is -2.18. The Kier molecular flexibility index (Phi) is 5.21. The van der Waals surface area contributed by atoms with Crippen LogP contribution in [0.25, 0.3) is 11.0 Å². The molecule has 2 aromatic rings. The van der Waals surface area contributed by atoms with Gasteiger partial charge in [-0.15, -0.1) is 0 Å². The summed E-state index contributed by atoms with van der Waals surface area (Å²) in [6, 6.07) is 7.70. The second-order valence-corrected chi connectivity index (χ2v) is 6.01. The lowest BCUT2D eigenvalue weighted by Crippen LogP contribution is -2.30. The maximum Gasteiger partial charge on any atom is 0.289 e. The van der Waals surface area contributed by atoms with E-state index in [4.69, 9.17) is 4.42 Å². The number of hydrogen-bond acceptors (Lipinski definition) is 4. The Balaban J connectivity index is 2.34. The molecule has 0 saturated heterocycles. The third kappa shape index (κ3) is 3.67. The second-order valence-electron chi connectivity index (χ2n) is 6.01. The zero-order chi connectivity index (χ0) is 16.3. The van der Waals surface area contributed by atoms with E-state index in [1.54, 1.807) is 18.9 Å². The smallest absolute Gasteiger partial charge is 0.289 e. The number of hydrogen-bond donors (Lipinski definition) is 1. The number of benzene rings is 1. The van der Waals surface area contributed by atoms with Gasteiger partial charge >= 0.3 is 0 Å². The van der Waals surface area contributed by atoms with Gasteiger partial charge in [0.1, 0.15) is 5.58 Å². The summed E-state index contributed by atoms with van der Waals surface area (Å²) in [6.45, 7) is 2.86. The predicted octanol–water partition coefficient (Wildman–Crippen LogP) is 2.34. The van der Waals surface area contributed by atoms with Crippen LogP contribution in [-0.2, 0) is 6.54 Å². The molecule has 1 unspecified atom stereocenters. The van der Waals surface area contributed by atoms with E-state index in [1.807, 2.05) is 43.3 Å². The molecule has 0 saturated carbocycles. The first-order valence-electron chi connectivity index (χ1n) is 7.48. The standard InChI is InChI=1S/C17H24N2O3/c1-12(20)9-10-19(4)17(21)16-14(11-18(2)3)13-7-5-6-8-15(13)22-16/h5-8,12,20H,9-11H2,1-4H3. The summed E-state index contributed by atoms with van der Waals surface area (Å²) in [6.07, 6.45) is 0.123. The van der Waals surface area contributed by atoms with E-state index >= 15 is 0 Å². The third-order valence-electron chi connectivity index (χ3n) is 3.60. The molecule has 1 heterocycles. The first-order chi connectivity index (χ1) is 10.4. The largest absolute Gasteiger partial charge is 0.451 e. The zero-order valence-electron chi connectivity index (χ0n) is 13.7. The minimum atomic E-state index is -0.424. The molecule has 1 aromatic carbocycles. The number of furan rings is 1. The highest BCUT2D eigenvalue weighted by atomic mass is 16.3. The van der Waals surface area contributed by atoms with E-state index in [0.29, 0.717) is 25.3 Å². The maximum absolute atomic E-state index is 12.7. The van der Waals surface area contributed by atoms with Gasteiger partial charge < -0.3 is 19.3 Å². The molecule has 120 valence electrons. The molecule has 0 radical (unpaired) electrons. The molecule has 0 aliphatic heterocycles. The van der Waals surface area contributed by atoms with Gasteiger partial charge in [0.05, 0.1) is 6.10 Å². The van der Waals surface area contributed by atoms with Crippen LogP contribution in [0.4, 0.5) is 0 Å². The van der Waals surface area contributed by atoms with Crippen LogP contribution in [0.2, 0.25) is 0 Å². The van der Waals surface area contributed by atoms with Crippen molar-refractivity contribution in [3.63, 3.8) is 0 Å². The molecule has 2 rings (SSSR count). The number of nitrogens with zero attached hydrogens (tertiary/aromatic N) is 2. The van der Waals surface area contributed by atoms with Crippen LogP contribution in [0.1, 0.15) is 29.5 Å². The summed E-state index contributed by atoms with van der Waals surface area (Å²) in [5.74, 6) is 0.247. The van der Waals surface area contributed by atoms with Gasteiger partial charge in [-0.3, -0.25) is 4.79 Å². The quantitative estimate of drug-likeness (QED) is 0.890. The van der Waals surface area contributed by atoms with Crippen LogP contribution in [-0.4, -0.2) is 54.6 Å². The van der Waals surface area contributed by atoms with Gasteiger partial charge in [-0.25, -0.2) is 0 Å². The lowest BCUT2D eigenvalue weighted by molar-refractivity contribution is 0.0738. The molecule has 1 N–H and O–H groups in total. The summed E-state index contributed by atoms with van der Waals surface area (Å²) in [7, 11) is 5.66.